The minimum absolute atomic E-state index is 0.524. The minimum atomic E-state index is 0.524. The number of benzene rings is 1. The van der Waals surface area contributed by atoms with Crippen LogP contribution in [0.25, 0.3) is 10.9 Å². The molecule has 1 aromatic carbocycles. The summed E-state index contributed by atoms with van der Waals surface area (Å²) in [6.45, 7) is 3.17. The molecule has 6 nitrogen and oxygen atoms in total. The van der Waals surface area contributed by atoms with Gasteiger partial charge >= 0.3 is 0 Å². The molecule has 0 unspecified atom stereocenters. The fourth-order valence-corrected chi connectivity index (χ4v) is 3.11. The van der Waals surface area contributed by atoms with Gasteiger partial charge in [0, 0.05) is 23.4 Å². The Morgan fingerprint density at radius 2 is 2.14 bits per heavy atom. The fourth-order valence-electron chi connectivity index (χ4n) is 2.22. The van der Waals surface area contributed by atoms with Gasteiger partial charge < -0.3 is 5.73 Å². The molecule has 0 fully saturated rings. The Morgan fingerprint density at radius 3 is 3.00 bits per heavy atom. The Bertz CT molecular complexity index is 754. The summed E-state index contributed by atoms with van der Waals surface area (Å²) in [5, 5.41) is 13.7. The van der Waals surface area contributed by atoms with Crippen LogP contribution in [0.15, 0.2) is 35.5 Å². The Hall–Kier alpha value is -1.99. The average Bonchev–Trinajstić information content (AvgIpc) is 2.92. The molecule has 2 aromatic heterocycles. The molecule has 21 heavy (non-hydrogen) atoms. The second-order valence-electron chi connectivity index (χ2n) is 4.70. The van der Waals surface area contributed by atoms with Crippen LogP contribution in [0.3, 0.4) is 0 Å². The topological polar surface area (TPSA) is 82.5 Å². The molecule has 0 amide bonds. The summed E-state index contributed by atoms with van der Waals surface area (Å²) in [4.78, 5) is 4.56. The highest BCUT2D eigenvalue weighted by Crippen LogP contribution is 2.25. The van der Waals surface area contributed by atoms with E-state index >= 15 is 0 Å². The first-order valence-corrected chi connectivity index (χ1v) is 7.71. The summed E-state index contributed by atoms with van der Waals surface area (Å²) >= 11 is 1.61. The Labute approximate surface area is 126 Å². The van der Waals surface area contributed by atoms with Gasteiger partial charge in [-0.2, -0.15) is 0 Å². The molecule has 7 heteroatoms. The predicted molar refractivity (Wildman–Crippen MR) is 82.9 cm³/mol. The molecule has 0 saturated heterocycles. The molecule has 0 bridgehead atoms. The maximum atomic E-state index is 5.56. The third kappa shape index (κ3) is 3.03. The fraction of sp³-hybridized carbons (Fsp3) is 0.286. The normalized spacial score (nSPS) is 11.1. The maximum absolute atomic E-state index is 5.56. The number of hydrogen-bond acceptors (Lipinski definition) is 6. The second-order valence-corrected chi connectivity index (χ2v) is 5.64. The Kier molecular flexibility index (Phi) is 4.12. The zero-order valence-electron chi connectivity index (χ0n) is 11.7. The van der Waals surface area contributed by atoms with E-state index in [0.29, 0.717) is 13.1 Å². The van der Waals surface area contributed by atoms with E-state index < -0.39 is 0 Å². The monoisotopic (exact) mass is 300 g/mol. The summed E-state index contributed by atoms with van der Waals surface area (Å²) in [5.41, 5.74) is 8.84. The number of fused-ring (bicyclic) bond motifs is 1. The van der Waals surface area contributed by atoms with E-state index in [1.807, 2.05) is 25.1 Å². The number of hydrogen-bond donors (Lipinski definition) is 1. The van der Waals surface area contributed by atoms with Crippen LogP contribution in [0.4, 0.5) is 0 Å². The van der Waals surface area contributed by atoms with Crippen LogP contribution in [0.1, 0.15) is 11.3 Å². The lowest BCUT2D eigenvalue weighted by atomic mass is 10.1. The van der Waals surface area contributed by atoms with Crippen molar-refractivity contribution in [2.24, 2.45) is 5.73 Å². The lowest BCUT2D eigenvalue weighted by molar-refractivity contribution is 0.557. The van der Waals surface area contributed by atoms with Crippen molar-refractivity contribution in [3.8, 4) is 0 Å². The zero-order valence-corrected chi connectivity index (χ0v) is 12.5. The van der Waals surface area contributed by atoms with Crippen molar-refractivity contribution >= 4 is 22.7 Å². The van der Waals surface area contributed by atoms with Crippen LogP contribution >= 0.6 is 11.8 Å². The van der Waals surface area contributed by atoms with Gasteiger partial charge in [-0.05, 0) is 35.0 Å². The van der Waals surface area contributed by atoms with E-state index in [-0.39, 0.29) is 0 Å². The number of aromatic nitrogens is 5. The molecule has 3 rings (SSSR count). The second kappa shape index (κ2) is 6.19. The molecule has 0 saturated carbocycles. The number of para-hydroxylation sites is 1. The quantitative estimate of drug-likeness (QED) is 0.723. The van der Waals surface area contributed by atoms with Gasteiger partial charge in [0.25, 0.3) is 0 Å². The lowest BCUT2D eigenvalue weighted by Crippen LogP contribution is -2.12. The van der Waals surface area contributed by atoms with Crippen molar-refractivity contribution < 1.29 is 0 Å². The highest BCUT2D eigenvalue weighted by atomic mass is 32.2. The number of tetrazole rings is 1. The lowest BCUT2D eigenvalue weighted by Gasteiger charge is -2.07. The first kappa shape index (κ1) is 14.0. The van der Waals surface area contributed by atoms with E-state index in [4.69, 9.17) is 5.73 Å². The summed E-state index contributed by atoms with van der Waals surface area (Å²) in [7, 11) is 0. The van der Waals surface area contributed by atoms with E-state index in [2.05, 4.69) is 32.6 Å². The summed E-state index contributed by atoms with van der Waals surface area (Å²) in [6, 6.07) is 10.3. The molecule has 0 spiro atoms. The minimum Gasteiger partial charge on any atom is -0.329 e. The standard InChI is InChI=1S/C14H16N6S/c1-10-8-11(12-4-2-3-5-13(12)16-10)9-21-14-17-18-19-20(14)7-6-15/h2-5,8H,6-7,9,15H2,1H3. The molecule has 2 heterocycles. The smallest absolute Gasteiger partial charge is 0.209 e. The van der Waals surface area contributed by atoms with Crippen LogP contribution in [-0.4, -0.2) is 31.7 Å². The van der Waals surface area contributed by atoms with Crippen molar-refractivity contribution in [3.63, 3.8) is 0 Å². The maximum Gasteiger partial charge on any atom is 0.209 e. The van der Waals surface area contributed by atoms with E-state index in [1.54, 1.807) is 16.4 Å². The van der Waals surface area contributed by atoms with Gasteiger partial charge in [0.2, 0.25) is 5.16 Å². The number of pyridine rings is 1. The largest absolute Gasteiger partial charge is 0.329 e. The van der Waals surface area contributed by atoms with E-state index in [9.17, 15) is 0 Å². The molecule has 0 radical (unpaired) electrons. The molecule has 0 atom stereocenters. The van der Waals surface area contributed by atoms with Crippen molar-refractivity contribution in [3.05, 3.63) is 41.6 Å². The van der Waals surface area contributed by atoms with Gasteiger partial charge in [0.05, 0.1) is 12.1 Å². The molecule has 2 N–H and O–H groups in total. The summed E-state index contributed by atoms with van der Waals surface area (Å²) in [5.74, 6) is 0.800. The highest BCUT2D eigenvalue weighted by molar-refractivity contribution is 7.98. The SMILES string of the molecule is Cc1cc(CSc2nnnn2CCN)c2ccccc2n1. The molecule has 3 aromatic rings. The van der Waals surface area contributed by atoms with Crippen molar-refractivity contribution in [2.45, 2.75) is 24.4 Å². The summed E-state index contributed by atoms with van der Waals surface area (Å²) < 4.78 is 1.74. The van der Waals surface area contributed by atoms with Crippen molar-refractivity contribution in [2.75, 3.05) is 6.54 Å². The van der Waals surface area contributed by atoms with Gasteiger partial charge in [-0.25, -0.2) is 4.68 Å². The zero-order chi connectivity index (χ0) is 14.7. The predicted octanol–water partition coefficient (Wildman–Crippen LogP) is 1.78. The molecule has 0 aliphatic carbocycles. The number of nitrogens with zero attached hydrogens (tertiary/aromatic N) is 5. The third-order valence-electron chi connectivity index (χ3n) is 3.13. The van der Waals surface area contributed by atoms with Gasteiger partial charge in [0.1, 0.15) is 0 Å². The van der Waals surface area contributed by atoms with Gasteiger partial charge in [-0.1, -0.05) is 30.0 Å². The van der Waals surface area contributed by atoms with E-state index in [0.717, 1.165) is 22.1 Å². The molecular weight excluding hydrogens is 284 g/mol. The number of thioether (sulfide) groups is 1. The van der Waals surface area contributed by atoms with Crippen LogP contribution < -0.4 is 5.73 Å². The number of rotatable bonds is 5. The van der Waals surface area contributed by atoms with E-state index in [1.165, 1.54) is 10.9 Å². The van der Waals surface area contributed by atoms with Crippen LogP contribution in [0.5, 0.6) is 0 Å². The molecule has 108 valence electrons. The molecule has 0 aliphatic rings. The average molecular weight is 300 g/mol. The first-order chi connectivity index (χ1) is 10.3. The van der Waals surface area contributed by atoms with Crippen molar-refractivity contribution in [1.82, 2.24) is 25.2 Å². The summed E-state index contributed by atoms with van der Waals surface area (Å²) in [6.07, 6.45) is 0. The van der Waals surface area contributed by atoms with Crippen LogP contribution in [-0.2, 0) is 12.3 Å². The van der Waals surface area contributed by atoms with Gasteiger partial charge in [0.15, 0.2) is 0 Å². The van der Waals surface area contributed by atoms with Gasteiger partial charge in [-0.3, -0.25) is 4.98 Å². The third-order valence-corrected chi connectivity index (χ3v) is 4.13. The first-order valence-electron chi connectivity index (χ1n) is 6.72. The van der Waals surface area contributed by atoms with Gasteiger partial charge in [-0.15, -0.1) is 5.10 Å². The Balaban J connectivity index is 1.86. The number of aryl methyl sites for hydroxylation is 1. The number of nitrogens with two attached hydrogens (primary N) is 1. The molecule has 0 aliphatic heterocycles. The van der Waals surface area contributed by atoms with Crippen molar-refractivity contribution in [1.29, 1.82) is 0 Å². The highest BCUT2D eigenvalue weighted by Gasteiger charge is 2.09. The molecular formula is C14H16N6S. The van der Waals surface area contributed by atoms with Crippen LogP contribution in [0, 0.1) is 6.92 Å². The Morgan fingerprint density at radius 1 is 1.29 bits per heavy atom. The van der Waals surface area contributed by atoms with Crippen LogP contribution in [0.2, 0.25) is 0 Å².